The number of aliphatic hydroxyl groups is 1. The van der Waals surface area contributed by atoms with E-state index in [4.69, 9.17) is 0 Å². The standard InChI is InChI=1S/C18H19F3N2O3/c1-10-22-14(9-16(25)23-10)15(24)8-13(17(2,3)26)11-4-6-12(7-5-11)18(19,20)21/h4-7,9,13,26H,8H2,1-3H3,(H,22,23,25). The zero-order valence-corrected chi connectivity index (χ0v) is 14.5. The Morgan fingerprint density at radius 3 is 2.27 bits per heavy atom. The number of H-pyrrole nitrogens is 1. The van der Waals surface area contributed by atoms with E-state index in [0.29, 0.717) is 5.56 Å². The van der Waals surface area contributed by atoms with Crippen LogP contribution in [0.5, 0.6) is 0 Å². The number of ketones is 1. The van der Waals surface area contributed by atoms with Crippen molar-refractivity contribution in [1.82, 2.24) is 9.97 Å². The molecule has 1 unspecified atom stereocenters. The van der Waals surface area contributed by atoms with Crippen LogP contribution in [-0.4, -0.2) is 26.5 Å². The molecule has 26 heavy (non-hydrogen) atoms. The van der Waals surface area contributed by atoms with Gasteiger partial charge in [-0.1, -0.05) is 12.1 Å². The summed E-state index contributed by atoms with van der Waals surface area (Å²) in [5.74, 6) is -0.972. The number of carbonyl (C=O) groups is 1. The van der Waals surface area contributed by atoms with Crippen LogP contribution in [0.1, 0.15) is 53.6 Å². The normalized spacial score (nSPS) is 13.5. The van der Waals surface area contributed by atoms with Gasteiger partial charge >= 0.3 is 6.18 Å². The number of Topliss-reactive ketones (excluding diaryl/α,β-unsaturated/α-hetero) is 1. The van der Waals surface area contributed by atoms with E-state index >= 15 is 0 Å². The number of hydrogen-bond donors (Lipinski definition) is 2. The molecule has 2 rings (SSSR count). The van der Waals surface area contributed by atoms with Gasteiger partial charge in [0.15, 0.2) is 5.78 Å². The molecular weight excluding hydrogens is 349 g/mol. The first kappa shape index (κ1) is 19.8. The highest BCUT2D eigenvalue weighted by Crippen LogP contribution is 2.35. The second-order valence-electron chi connectivity index (χ2n) is 6.67. The second kappa shape index (κ2) is 7.03. The monoisotopic (exact) mass is 368 g/mol. The third-order valence-corrected chi connectivity index (χ3v) is 4.03. The summed E-state index contributed by atoms with van der Waals surface area (Å²) in [5.41, 5.74) is -2.32. The minimum Gasteiger partial charge on any atom is -0.390 e. The Balaban J connectivity index is 2.34. The van der Waals surface area contributed by atoms with E-state index in [-0.39, 0.29) is 17.9 Å². The molecule has 0 fully saturated rings. The van der Waals surface area contributed by atoms with Crippen molar-refractivity contribution in [3.63, 3.8) is 0 Å². The van der Waals surface area contributed by atoms with E-state index < -0.39 is 34.6 Å². The summed E-state index contributed by atoms with van der Waals surface area (Å²) in [4.78, 5) is 30.4. The SMILES string of the molecule is Cc1nc(C(=O)CC(c2ccc(C(F)(F)F)cc2)C(C)(C)O)cc(=O)[nH]1. The molecular formula is C18H19F3N2O3. The summed E-state index contributed by atoms with van der Waals surface area (Å²) >= 11 is 0. The lowest BCUT2D eigenvalue weighted by Crippen LogP contribution is -2.31. The number of aromatic amines is 1. The summed E-state index contributed by atoms with van der Waals surface area (Å²) in [6.07, 6.45) is -4.67. The van der Waals surface area contributed by atoms with Gasteiger partial charge in [0.2, 0.25) is 0 Å². The molecule has 0 aliphatic heterocycles. The van der Waals surface area contributed by atoms with E-state index in [1.54, 1.807) is 0 Å². The fraction of sp³-hybridized carbons (Fsp3) is 0.389. The third-order valence-electron chi connectivity index (χ3n) is 4.03. The van der Waals surface area contributed by atoms with Crippen LogP contribution in [0.2, 0.25) is 0 Å². The first-order chi connectivity index (χ1) is 11.9. The van der Waals surface area contributed by atoms with E-state index in [9.17, 15) is 27.9 Å². The molecule has 1 aromatic heterocycles. The topological polar surface area (TPSA) is 83.0 Å². The number of carbonyl (C=O) groups excluding carboxylic acids is 1. The number of nitrogens with one attached hydrogen (secondary N) is 1. The van der Waals surface area contributed by atoms with Crippen LogP contribution in [0.3, 0.4) is 0 Å². The molecule has 1 aromatic carbocycles. The lowest BCUT2D eigenvalue weighted by Gasteiger charge is -2.29. The Kier molecular flexibility index (Phi) is 5.36. The molecule has 0 aliphatic carbocycles. The number of nitrogens with zero attached hydrogens (tertiary/aromatic N) is 1. The van der Waals surface area contributed by atoms with E-state index in [0.717, 1.165) is 18.2 Å². The van der Waals surface area contributed by atoms with Crippen LogP contribution >= 0.6 is 0 Å². The molecule has 0 bridgehead atoms. The average Bonchev–Trinajstić information content (AvgIpc) is 2.49. The largest absolute Gasteiger partial charge is 0.416 e. The van der Waals surface area contributed by atoms with Crippen LogP contribution in [0.4, 0.5) is 13.2 Å². The minimum atomic E-state index is -4.47. The van der Waals surface area contributed by atoms with Crippen LogP contribution in [0, 0.1) is 6.92 Å². The first-order valence-electron chi connectivity index (χ1n) is 7.88. The molecule has 0 saturated carbocycles. The maximum atomic E-state index is 12.7. The molecule has 0 spiro atoms. The Bertz CT molecular complexity index is 850. The van der Waals surface area contributed by atoms with Gasteiger partial charge in [-0.2, -0.15) is 13.2 Å². The molecule has 0 amide bonds. The summed E-state index contributed by atoms with van der Waals surface area (Å²) in [7, 11) is 0. The van der Waals surface area contributed by atoms with Crippen LogP contribution in [0.15, 0.2) is 35.1 Å². The lowest BCUT2D eigenvalue weighted by molar-refractivity contribution is -0.137. The number of rotatable bonds is 5. The van der Waals surface area contributed by atoms with Crippen molar-refractivity contribution in [2.45, 2.75) is 44.9 Å². The summed E-state index contributed by atoms with van der Waals surface area (Å²) < 4.78 is 38.2. The molecule has 0 saturated heterocycles. The maximum Gasteiger partial charge on any atom is 0.416 e. The highest BCUT2D eigenvalue weighted by Gasteiger charge is 2.33. The van der Waals surface area contributed by atoms with Crippen LogP contribution < -0.4 is 5.56 Å². The third kappa shape index (κ3) is 4.78. The predicted molar refractivity (Wildman–Crippen MR) is 89.0 cm³/mol. The summed E-state index contributed by atoms with van der Waals surface area (Å²) in [6.45, 7) is 4.47. The van der Waals surface area contributed by atoms with Gasteiger partial charge in [0, 0.05) is 18.4 Å². The highest BCUT2D eigenvalue weighted by atomic mass is 19.4. The van der Waals surface area contributed by atoms with Crippen molar-refractivity contribution in [1.29, 1.82) is 0 Å². The molecule has 5 nitrogen and oxygen atoms in total. The molecule has 2 aromatic rings. The molecule has 8 heteroatoms. The van der Waals surface area contributed by atoms with Gasteiger partial charge in [0.25, 0.3) is 5.56 Å². The Labute approximate surface area is 147 Å². The fourth-order valence-corrected chi connectivity index (χ4v) is 2.69. The minimum absolute atomic E-state index is 0.0487. The number of alkyl halides is 3. The number of hydrogen-bond acceptors (Lipinski definition) is 4. The first-order valence-corrected chi connectivity index (χ1v) is 7.88. The molecule has 1 heterocycles. The zero-order chi connectivity index (χ0) is 19.7. The number of benzene rings is 1. The van der Waals surface area contributed by atoms with Crippen molar-refractivity contribution in [3.05, 3.63) is 63.3 Å². The maximum absolute atomic E-state index is 12.7. The van der Waals surface area contributed by atoms with Crippen LogP contribution in [0.25, 0.3) is 0 Å². The van der Waals surface area contributed by atoms with E-state index in [1.165, 1.54) is 32.9 Å². The van der Waals surface area contributed by atoms with Gasteiger partial charge in [-0.25, -0.2) is 4.98 Å². The lowest BCUT2D eigenvalue weighted by atomic mass is 9.80. The molecule has 2 N–H and O–H groups in total. The van der Waals surface area contributed by atoms with Crippen molar-refractivity contribution < 1.29 is 23.1 Å². The number of aromatic nitrogens is 2. The highest BCUT2D eigenvalue weighted by molar-refractivity contribution is 5.94. The van der Waals surface area contributed by atoms with Crippen molar-refractivity contribution in [3.8, 4) is 0 Å². The summed E-state index contributed by atoms with van der Waals surface area (Å²) in [5, 5.41) is 10.4. The average molecular weight is 368 g/mol. The van der Waals surface area contributed by atoms with Crippen LogP contribution in [-0.2, 0) is 6.18 Å². The Hall–Kier alpha value is -2.48. The molecule has 0 aliphatic rings. The van der Waals surface area contributed by atoms with Gasteiger partial charge in [-0.3, -0.25) is 9.59 Å². The van der Waals surface area contributed by atoms with Crippen molar-refractivity contribution in [2.75, 3.05) is 0 Å². The van der Waals surface area contributed by atoms with Gasteiger partial charge < -0.3 is 10.1 Å². The van der Waals surface area contributed by atoms with Gasteiger partial charge in [-0.05, 0) is 38.5 Å². The van der Waals surface area contributed by atoms with Gasteiger partial charge in [-0.15, -0.1) is 0 Å². The molecule has 1 atom stereocenters. The Morgan fingerprint density at radius 1 is 1.23 bits per heavy atom. The summed E-state index contributed by atoms with van der Waals surface area (Å²) in [6, 6.07) is 5.37. The molecule has 0 radical (unpaired) electrons. The quantitative estimate of drug-likeness (QED) is 0.794. The number of halogens is 3. The van der Waals surface area contributed by atoms with Gasteiger partial charge in [0.05, 0.1) is 11.2 Å². The Morgan fingerprint density at radius 2 is 1.81 bits per heavy atom. The smallest absolute Gasteiger partial charge is 0.390 e. The fourth-order valence-electron chi connectivity index (χ4n) is 2.69. The predicted octanol–water partition coefficient (Wildman–Crippen LogP) is 3.22. The second-order valence-corrected chi connectivity index (χ2v) is 6.67. The van der Waals surface area contributed by atoms with Gasteiger partial charge in [0.1, 0.15) is 11.5 Å². The van der Waals surface area contributed by atoms with E-state index in [2.05, 4.69) is 9.97 Å². The van der Waals surface area contributed by atoms with Crippen molar-refractivity contribution in [2.24, 2.45) is 0 Å². The number of aryl methyl sites for hydroxylation is 1. The van der Waals surface area contributed by atoms with Crippen molar-refractivity contribution >= 4 is 5.78 Å². The zero-order valence-electron chi connectivity index (χ0n) is 14.5. The van der Waals surface area contributed by atoms with E-state index in [1.807, 2.05) is 0 Å². The molecule has 140 valence electrons.